The maximum Gasteiger partial charge on any atom is 0.265 e. The quantitative estimate of drug-likeness (QED) is 0.509. The number of aromatic nitrogens is 2. The summed E-state index contributed by atoms with van der Waals surface area (Å²) >= 11 is 1.47. The first-order valence-electron chi connectivity index (χ1n) is 8.88. The van der Waals surface area contributed by atoms with E-state index >= 15 is 0 Å². The lowest BCUT2D eigenvalue weighted by molar-refractivity contribution is 0.103. The van der Waals surface area contributed by atoms with Gasteiger partial charge in [0.1, 0.15) is 4.83 Å². The van der Waals surface area contributed by atoms with E-state index in [1.807, 2.05) is 61.9 Å². The molecule has 0 saturated carbocycles. The summed E-state index contributed by atoms with van der Waals surface area (Å²) in [6, 6.07) is 16.1. The normalized spacial score (nSPS) is 11.1. The number of rotatable bonds is 3. The third kappa shape index (κ3) is 3.15. The van der Waals surface area contributed by atoms with Crippen LogP contribution in [0.25, 0.3) is 15.9 Å². The fraction of sp³-hybridized carbons (Fsp3) is 0.182. The van der Waals surface area contributed by atoms with E-state index in [9.17, 15) is 4.79 Å². The van der Waals surface area contributed by atoms with E-state index < -0.39 is 0 Å². The van der Waals surface area contributed by atoms with E-state index in [1.165, 1.54) is 16.9 Å². The van der Waals surface area contributed by atoms with Crippen LogP contribution in [-0.4, -0.2) is 15.7 Å². The van der Waals surface area contributed by atoms with Crippen molar-refractivity contribution in [2.45, 2.75) is 27.7 Å². The zero-order valence-electron chi connectivity index (χ0n) is 15.8. The van der Waals surface area contributed by atoms with Crippen molar-refractivity contribution in [3.63, 3.8) is 0 Å². The molecule has 4 nitrogen and oxygen atoms in total. The number of benzene rings is 2. The summed E-state index contributed by atoms with van der Waals surface area (Å²) in [5.74, 6) is -0.0832. The van der Waals surface area contributed by atoms with Crippen LogP contribution in [0.1, 0.15) is 32.1 Å². The number of carbonyl (C=O) groups excluding carboxylic acids is 1. The molecule has 0 aliphatic carbocycles. The molecular formula is C22H21N3OS. The van der Waals surface area contributed by atoms with Crippen LogP contribution in [0.5, 0.6) is 0 Å². The van der Waals surface area contributed by atoms with Gasteiger partial charge in [-0.05, 0) is 68.7 Å². The van der Waals surface area contributed by atoms with Crippen molar-refractivity contribution in [2.24, 2.45) is 0 Å². The van der Waals surface area contributed by atoms with Crippen molar-refractivity contribution in [3.05, 3.63) is 75.8 Å². The van der Waals surface area contributed by atoms with Crippen molar-refractivity contribution in [3.8, 4) is 5.69 Å². The van der Waals surface area contributed by atoms with Crippen LogP contribution in [0, 0.1) is 27.7 Å². The van der Waals surface area contributed by atoms with E-state index in [4.69, 9.17) is 0 Å². The minimum Gasteiger partial charge on any atom is -0.321 e. The summed E-state index contributed by atoms with van der Waals surface area (Å²) < 4.78 is 1.93. The minimum atomic E-state index is -0.0832. The average molecular weight is 375 g/mol. The Bertz CT molecular complexity index is 1170. The Morgan fingerprint density at radius 2 is 1.81 bits per heavy atom. The van der Waals surface area contributed by atoms with Gasteiger partial charge < -0.3 is 5.32 Å². The number of hydrogen-bond donors (Lipinski definition) is 1. The molecule has 0 unspecified atom stereocenters. The number of nitrogens with zero attached hydrogens (tertiary/aromatic N) is 2. The van der Waals surface area contributed by atoms with Crippen molar-refractivity contribution in [1.82, 2.24) is 9.78 Å². The Morgan fingerprint density at radius 3 is 2.59 bits per heavy atom. The molecule has 0 fully saturated rings. The molecule has 2 heterocycles. The first kappa shape index (κ1) is 17.5. The molecule has 4 rings (SSSR count). The number of thiophene rings is 1. The predicted molar refractivity (Wildman–Crippen MR) is 112 cm³/mol. The maximum absolute atomic E-state index is 12.8. The summed E-state index contributed by atoms with van der Waals surface area (Å²) in [5, 5.41) is 8.74. The minimum absolute atomic E-state index is 0.0832. The summed E-state index contributed by atoms with van der Waals surface area (Å²) in [5.41, 5.74) is 6.22. The summed E-state index contributed by atoms with van der Waals surface area (Å²) in [6.45, 7) is 8.11. The van der Waals surface area contributed by atoms with Gasteiger partial charge in [-0.3, -0.25) is 4.79 Å². The van der Waals surface area contributed by atoms with E-state index in [0.717, 1.165) is 38.4 Å². The predicted octanol–water partition coefficient (Wildman–Crippen LogP) is 5.57. The molecule has 0 spiro atoms. The zero-order chi connectivity index (χ0) is 19.1. The summed E-state index contributed by atoms with van der Waals surface area (Å²) in [6.07, 6.45) is 0. The average Bonchev–Trinajstić information content (AvgIpc) is 3.20. The highest BCUT2D eigenvalue weighted by Crippen LogP contribution is 2.31. The Hall–Kier alpha value is -2.92. The standard InChI is InChI=1S/C22H21N3OS/c1-13-7-5-9-17(11-13)25-22-18(16(4)24-25)12-20(27-22)21(26)23-19-10-6-8-14(2)15(19)3/h5-12H,1-4H3,(H,23,26). The van der Waals surface area contributed by atoms with E-state index in [1.54, 1.807) is 0 Å². The van der Waals surface area contributed by atoms with Gasteiger partial charge >= 0.3 is 0 Å². The van der Waals surface area contributed by atoms with Gasteiger partial charge in [0.05, 0.1) is 16.3 Å². The van der Waals surface area contributed by atoms with E-state index in [2.05, 4.69) is 29.5 Å². The second-order valence-electron chi connectivity index (χ2n) is 6.87. The van der Waals surface area contributed by atoms with E-state index in [-0.39, 0.29) is 5.91 Å². The van der Waals surface area contributed by atoms with Gasteiger partial charge in [-0.1, -0.05) is 24.3 Å². The molecule has 0 radical (unpaired) electrons. The largest absolute Gasteiger partial charge is 0.321 e. The molecule has 27 heavy (non-hydrogen) atoms. The number of anilines is 1. The second kappa shape index (κ2) is 6.67. The Kier molecular flexibility index (Phi) is 4.32. The molecule has 136 valence electrons. The lowest BCUT2D eigenvalue weighted by Gasteiger charge is -2.09. The molecule has 0 bridgehead atoms. The second-order valence-corrected chi connectivity index (χ2v) is 7.90. The van der Waals surface area contributed by atoms with Crippen molar-refractivity contribution < 1.29 is 4.79 Å². The highest BCUT2D eigenvalue weighted by Gasteiger charge is 2.18. The van der Waals surface area contributed by atoms with Crippen LogP contribution < -0.4 is 5.32 Å². The summed E-state index contributed by atoms with van der Waals surface area (Å²) in [7, 11) is 0. The number of nitrogens with one attached hydrogen (secondary N) is 1. The third-order valence-electron chi connectivity index (χ3n) is 4.87. The highest BCUT2D eigenvalue weighted by molar-refractivity contribution is 7.20. The van der Waals surface area contributed by atoms with E-state index in [0.29, 0.717) is 4.88 Å². The Labute approximate surface area is 162 Å². The van der Waals surface area contributed by atoms with Gasteiger partial charge in [-0.15, -0.1) is 11.3 Å². The van der Waals surface area contributed by atoms with Crippen LogP contribution in [-0.2, 0) is 0 Å². The fourth-order valence-corrected chi connectivity index (χ4v) is 4.24. The van der Waals surface area contributed by atoms with Crippen molar-refractivity contribution >= 4 is 33.1 Å². The molecule has 2 aromatic heterocycles. The highest BCUT2D eigenvalue weighted by atomic mass is 32.1. The molecule has 0 saturated heterocycles. The number of fused-ring (bicyclic) bond motifs is 1. The van der Waals surface area contributed by atoms with Crippen LogP contribution in [0.4, 0.5) is 5.69 Å². The number of hydrogen-bond acceptors (Lipinski definition) is 3. The van der Waals surface area contributed by atoms with Crippen LogP contribution in [0.3, 0.4) is 0 Å². The molecule has 0 atom stereocenters. The van der Waals surface area contributed by atoms with Crippen LogP contribution >= 0.6 is 11.3 Å². The monoisotopic (exact) mass is 375 g/mol. The molecule has 1 N–H and O–H groups in total. The lowest BCUT2D eigenvalue weighted by Crippen LogP contribution is -2.11. The van der Waals surface area contributed by atoms with Crippen LogP contribution in [0.15, 0.2) is 48.5 Å². The van der Waals surface area contributed by atoms with Crippen LogP contribution in [0.2, 0.25) is 0 Å². The third-order valence-corrected chi connectivity index (χ3v) is 5.98. The Morgan fingerprint density at radius 1 is 1.04 bits per heavy atom. The SMILES string of the molecule is Cc1cccc(-n2nc(C)c3cc(C(=O)Nc4cccc(C)c4C)sc32)c1. The molecule has 0 aliphatic rings. The molecule has 5 heteroatoms. The topological polar surface area (TPSA) is 46.9 Å². The number of amides is 1. The van der Waals surface area contributed by atoms with Gasteiger partial charge in [0.25, 0.3) is 5.91 Å². The van der Waals surface area contributed by atoms with Gasteiger partial charge in [-0.25, -0.2) is 4.68 Å². The fourth-order valence-electron chi connectivity index (χ4n) is 3.16. The number of aryl methyl sites for hydroxylation is 3. The van der Waals surface area contributed by atoms with Gasteiger partial charge in [0.15, 0.2) is 0 Å². The maximum atomic E-state index is 12.8. The summed E-state index contributed by atoms with van der Waals surface area (Å²) in [4.78, 5) is 14.5. The van der Waals surface area contributed by atoms with Gasteiger partial charge in [0.2, 0.25) is 0 Å². The first-order chi connectivity index (χ1) is 12.9. The molecule has 2 aromatic carbocycles. The first-order valence-corrected chi connectivity index (χ1v) is 9.69. The molecule has 1 amide bonds. The van der Waals surface area contributed by atoms with Crippen molar-refractivity contribution in [2.75, 3.05) is 5.32 Å². The molecule has 4 aromatic rings. The zero-order valence-corrected chi connectivity index (χ0v) is 16.6. The Balaban J connectivity index is 1.72. The molecule has 0 aliphatic heterocycles. The number of carbonyl (C=O) groups is 1. The van der Waals surface area contributed by atoms with Gasteiger partial charge in [0, 0.05) is 11.1 Å². The van der Waals surface area contributed by atoms with Gasteiger partial charge in [-0.2, -0.15) is 5.10 Å². The lowest BCUT2D eigenvalue weighted by atomic mass is 10.1. The van der Waals surface area contributed by atoms with Crippen molar-refractivity contribution in [1.29, 1.82) is 0 Å². The smallest absolute Gasteiger partial charge is 0.265 e. The molecular weight excluding hydrogens is 354 g/mol.